The van der Waals surface area contributed by atoms with E-state index in [0.29, 0.717) is 19.3 Å². The van der Waals surface area contributed by atoms with Crippen LogP contribution in [0.3, 0.4) is 0 Å². The number of aliphatic carboxylic acids is 1. The van der Waals surface area contributed by atoms with Crippen molar-refractivity contribution in [3.05, 3.63) is 0 Å². The van der Waals surface area contributed by atoms with E-state index in [9.17, 15) is 25.2 Å². The predicted molar refractivity (Wildman–Crippen MR) is 172 cm³/mol. The second-order valence-corrected chi connectivity index (χ2v) is 16.3. The van der Waals surface area contributed by atoms with Crippen molar-refractivity contribution in [2.45, 2.75) is 172 Å². The molecule has 0 aromatic heterocycles. The maximum Gasteiger partial charge on any atom is 0.308 e. The van der Waals surface area contributed by atoms with Gasteiger partial charge in [0.05, 0.1) is 66.5 Å². The Morgan fingerprint density at radius 2 is 1.72 bits per heavy atom. The largest absolute Gasteiger partial charge is 0.481 e. The van der Waals surface area contributed by atoms with Crippen LogP contribution in [0.4, 0.5) is 0 Å². The molecule has 0 aromatic rings. The standard InChI is InChI=1S/C36H62O11/c1-10-34(31-20(3)16-26(43-31)28-19(2)15-21(4)36(41,18-37)46-28)12-11-27(44-34)33(8)13-14-35(47-33)17-25(38)22(5)30(45-35)23(6)29(42-9)24(7)32(39)40/h19-31,37-38,41H,10-18H2,1-9H3,(H,39,40)/t19-,20-,21+,22+,23-,24+,25-,26+,27+,28-,29+,30-,31+,33-,34-,35+,36-/m0/s1. The number of hydrogen-bond donors (Lipinski definition) is 4. The third-order valence-corrected chi connectivity index (χ3v) is 13.0. The normalized spacial score (nSPS) is 50.9. The summed E-state index contributed by atoms with van der Waals surface area (Å²) in [6.07, 6.45) is 2.99. The van der Waals surface area contributed by atoms with Gasteiger partial charge in [-0.3, -0.25) is 4.79 Å². The molecular formula is C36H62O11. The summed E-state index contributed by atoms with van der Waals surface area (Å²) in [5.41, 5.74) is -1.15. The second kappa shape index (κ2) is 13.7. The Balaban J connectivity index is 1.29. The molecule has 47 heavy (non-hydrogen) atoms. The van der Waals surface area contributed by atoms with Crippen molar-refractivity contribution in [1.29, 1.82) is 0 Å². The molecule has 5 saturated heterocycles. The monoisotopic (exact) mass is 670 g/mol. The Kier molecular flexibility index (Phi) is 10.9. The lowest BCUT2D eigenvalue weighted by molar-refractivity contribution is -0.336. The van der Waals surface area contributed by atoms with Crippen molar-refractivity contribution in [2.24, 2.45) is 35.5 Å². The predicted octanol–water partition coefficient (Wildman–Crippen LogP) is 4.27. The summed E-state index contributed by atoms with van der Waals surface area (Å²) in [5, 5.41) is 41.8. The number of aliphatic hydroxyl groups is 3. The fraction of sp³-hybridized carbons (Fsp3) is 0.972. The molecule has 0 amide bonds. The maximum atomic E-state index is 11.8. The summed E-state index contributed by atoms with van der Waals surface area (Å²) < 4.78 is 39.4. The summed E-state index contributed by atoms with van der Waals surface area (Å²) in [6.45, 7) is 15.6. The van der Waals surface area contributed by atoms with Crippen LogP contribution in [0.2, 0.25) is 0 Å². The van der Waals surface area contributed by atoms with E-state index in [4.69, 9.17) is 28.4 Å². The van der Waals surface area contributed by atoms with Gasteiger partial charge in [0.1, 0.15) is 0 Å². The number of ether oxygens (including phenoxy) is 6. The smallest absolute Gasteiger partial charge is 0.308 e. The number of carbonyl (C=O) groups is 1. The van der Waals surface area contributed by atoms with Gasteiger partial charge in [0, 0.05) is 37.7 Å². The van der Waals surface area contributed by atoms with Gasteiger partial charge in [-0.25, -0.2) is 0 Å². The molecule has 0 aromatic carbocycles. The average Bonchev–Trinajstić information content (AvgIpc) is 3.73. The first-order chi connectivity index (χ1) is 22.0. The minimum atomic E-state index is -1.56. The minimum Gasteiger partial charge on any atom is -0.481 e. The highest BCUT2D eigenvalue weighted by atomic mass is 16.7. The van der Waals surface area contributed by atoms with Gasteiger partial charge in [0.2, 0.25) is 0 Å². The van der Waals surface area contributed by atoms with E-state index in [1.165, 1.54) is 7.11 Å². The fourth-order valence-corrected chi connectivity index (χ4v) is 9.91. The molecule has 5 aliphatic heterocycles. The van der Waals surface area contributed by atoms with Gasteiger partial charge in [-0.15, -0.1) is 0 Å². The maximum absolute atomic E-state index is 11.8. The van der Waals surface area contributed by atoms with Gasteiger partial charge in [0.15, 0.2) is 11.6 Å². The first kappa shape index (κ1) is 37.4. The van der Waals surface area contributed by atoms with Crippen molar-refractivity contribution in [1.82, 2.24) is 0 Å². The van der Waals surface area contributed by atoms with Crippen LogP contribution in [0.25, 0.3) is 0 Å². The Morgan fingerprint density at radius 1 is 1.02 bits per heavy atom. The second-order valence-electron chi connectivity index (χ2n) is 16.3. The molecule has 11 nitrogen and oxygen atoms in total. The van der Waals surface area contributed by atoms with Crippen LogP contribution < -0.4 is 0 Å². The highest BCUT2D eigenvalue weighted by Gasteiger charge is 2.62. The summed E-state index contributed by atoms with van der Waals surface area (Å²) in [6, 6.07) is 0. The number of carboxylic acid groups (broad SMARTS) is 1. The molecule has 5 fully saturated rings. The van der Waals surface area contributed by atoms with E-state index >= 15 is 0 Å². The van der Waals surface area contributed by atoms with Gasteiger partial charge in [-0.05, 0) is 64.2 Å². The molecule has 4 N–H and O–H groups in total. The summed E-state index contributed by atoms with van der Waals surface area (Å²) in [7, 11) is 1.52. The van der Waals surface area contributed by atoms with Gasteiger partial charge in [-0.2, -0.15) is 0 Å². The third-order valence-electron chi connectivity index (χ3n) is 13.0. The summed E-state index contributed by atoms with van der Waals surface area (Å²) in [5.74, 6) is -4.52. The molecule has 5 aliphatic rings. The Morgan fingerprint density at radius 3 is 2.34 bits per heavy atom. The number of hydrogen-bond acceptors (Lipinski definition) is 10. The quantitative estimate of drug-likeness (QED) is 0.264. The molecular weight excluding hydrogens is 608 g/mol. The van der Waals surface area contributed by atoms with Crippen LogP contribution in [0, 0.1) is 35.5 Å². The Bertz CT molecular complexity index is 1110. The summed E-state index contributed by atoms with van der Waals surface area (Å²) >= 11 is 0. The van der Waals surface area contributed by atoms with E-state index in [1.54, 1.807) is 6.92 Å². The van der Waals surface area contributed by atoms with Gasteiger partial charge in [-0.1, -0.05) is 41.5 Å². The van der Waals surface area contributed by atoms with E-state index in [-0.39, 0.29) is 54.0 Å². The van der Waals surface area contributed by atoms with E-state index < -0.39 is 59.6 Å². The number of methoxy groups -OCH3 is 1. The van der Waals surface area contributed by atoms with Crippen LogP contribution in [-0.4, -0.2) is 106 Å². The minimum absolute atomic E-state index is 0.153. The van der Waals surface area contributed by atoms with Crippen molar-refractivity contribution in [2.75, 3.05) is 13.7 Å². The molecule has 0 bridgehead atoms. The van der Waals surface area contributed by atoms with Crippen molar-refractivity contribution in [3.8, 4) is 0 Å². The van der Waals surface area contributed by atoms with Crippen LogP contribution in [0.15, 0.2) is 0 Å². The number of aliphatic hydroxyl groups excluding tert-OH is 2. The fourth-order valence-electron chi connectivity index (χ4n) is 9.91. The first-order valence-corrected chi connectivity index (χ1v) is 18.1. The summed E-state index contributed by atoms with van der Waals surface area (Å²) in [4.78, 5) is 11.8. The molecule has 0 aliphatic carbocycles. The van der Waals surface area contributed by atoms with Crippen molar-refractivity contribution < 1.29 is 53.6 Å². The average molecular weight is 671 g/mol. The highest BCUT2D eigenvalue weighted by Crippen LogP contribution is 2.55. The van der Waals surface area contributed by atoms with Crippen molar-refractivity contribution >= 4 is 5.97 Å². The molecule has 272 valence electrons. The zero-order valence-electron chi connectivity index (χ0n) is 30.0. The topological polar surface area (TPSA) is 153 Å². The van der Waals surface area contributed by atoms with Crippen molar-refractivity contribution in [3.63, 3.8) is 0 Å². The zero-order chi connectivity index (χ0) is 34.7. The first-order valence-electron chi connectivity index (χ1n) is 18.1. The molecule has 5 rings (SSSR count). The van der Waals surface area contributed by atoms with E-state index in [0.717, 1.165) is 32.1 Å². The molecule has 5 heterocycles. The zero-order valence-corrected chi connectivity index (χ0v) is 30.0. The Hall–Kier alpha value is -0.890. The number of carboxylic acids is 1. The van der Waals surface area contributed by atoms with Crippen LogP contribution >= 0.6 is 0 Å². The lowest BCUT2D eigenvalue weighted by Crippen LogP contribution is -2.57. The van der Waals surface area contributed by atoms with Crippen LogP contribution in [-0.2, 0) is 33.2 Å². The Labute approximate surface area is 281 Å². The van der Waals surface area contributed by atoms with E-state index in [1.807, 2.05) is 20.8 Å². The van der Waals surface area contributed by atoms with Crippen LogP contribution in [0.5, 0.6) is 0 Å². The SMILES string of the molecule is CC[C@@]1([C@@H]2O[C@@H]([C@H]3O[C@@](O)(CO)[C@H](C)C[C@@H]3C)C[C@@H]2C)CC[C@H]([C@]2(C)CC[C@]3(C[C@H](O)[C@@H](C)[C@@H]([C@@H](C)[C@@H](OC)[C@@H](C)C(=O)O)O3)O2)O1. The van der Waals surface area contributed by atoms with Crippen LogP contribution in [0.1, 0.15) is 107 Å². The van der Waals surface area contributed by atoms with E-state index in [2.05, 4.69) is 27.7 Å². The molecule has 0 unspecified atom stereocenters. The lowest BCUT2D eigenvalue weighted by Gasteiger charge is -2.49. The number of rotatable bonds is 10. The molecule has 17 atom stereocenters. The van der Waals surface area contributed by atoms with Gasteiger partial charge in [0.25, 0.3) is 0 Å². The molecule has 11 heteroatoms. The lowest BCUT2D eigenvalue weighted by atomic mass is 9.78. The highest BCUT2D eigenvalue weighted by molar-refractivity contribution is 5.70. The molecule has 1 spiro atoms. The molecule has 0 radical (unpaired) electrons. The molecule has 0 saturated carbocycles. The van der Waals surface area contributed by atoms with Gasteiger partial charge >= 0.3 is 5.97 Å². The third kappa shape index (κ3) is 6.67. The van der Waals surface area contributed by atoms with Gasteiger partial charge < -0.3 is 48.8 Å².